The second-order valence-electron chi connectivity index (χ2n) is 5.35. The van der Waals surface area contributed by atoms with Crippen molar-refractivity contribution in [2.45, 2.75) is 23.9 Å². The number of carbonyl (C=O) groups excluding carboxylic acids is 1. The van der Waals surface area contributed by atoms with E-state index in [2.05, 4.69) is 27.6 Å². The quantitative estimate of drug-likeness (QED) is 0.532. The van der Waals surface area contributed by atoms with Crippen molar-refractivity contribution in [3.63, 3.8) is 0 Å². The Labute approximate surface area is 149 Å². The van der Waals surface area contributed by atoms with E-state index in [0.717, 1.165) is 21.2 Å². The Morgan fingerprint density at radius 3 is 2.67 bits per heavy atom. The van der Waals surface area contributed by atoms with Gasteiger partial charge in [-0.15, -0.1) is 10.2 Å². The maximum absolute atomic E-state index is 12.4. The number of amides is 1. The highest BCUT2D eigenvalue weighted by atomic mass is 32.2. The van der Waals surface area contributed by atoms with Crippen LogP contribution in [0.4, 0.5) is 5.13 Å². The number of rotatable bonds is 5. The lowest BCUT2D eigenvalue weighted by molar-refractivity contribution is 0.102. The third kappa shape index (κ3) is 4.01. The SMILES string of the molecule is Cc1cccc(C(=O)Nc2nnc(SCc3ccccc3)s2)c1C. The molecule has 3 aromatic rings. The van der Waals surface area contributed by atoms with Gasteiger partial charge < -0.3 is 0 Å². The molecule has 1 heterocycles. The van der Waals surface area contributed by atoms with E-state index in [1.54, 1.807) is 11.8 Å². The van der Waals surface area contributed by atoms with Gasteiger partial charge in [-0.1, -0.05) is 65.6 Å². The molecule has 3 rings (SSSR count). The lowest BCUT2D eigenvalue weighted by Crippen LogP contribution is -2.13. The van der Waals surface area contributed by atoms with Gasteiger partial charge in [0, 0.05) is 11.3 Å². The highest BCUT2D eigenvalue weighted by Crippen LogP contribution is 2.28. The standard InChI is InChI=1S/C18H17N3OS2/c1-12-7-6-10-15(13(12)2)16(22)19-17-20-21-18(24-17)23-11-14-8-4-3-5-9-14/h3-10H,11H2,1-2H3,(H,19,20,22). The Hall–Kier alpha value is -2.18. The maximum Gasteiger partial charge on any atom is 0.257 e. The van der Waals surface area contributed by atoms with Gasteiger partial charge in [-0.25, -0.2) is 0 Å². The van der Waals surface area contributed by atoms with E-state index in [9.17, 15) is 4.79 Å². The summed E-state index contributed by atoms with van der Waals surface area (Å²) in [6.45, 7) is 3.95. The monoisotopic (exact) mass is 355 g/mol. The molecule has 6 heteroatoms. The molecule has 24 heavy (non-hydrogen) atoms. The number of hydrogen-bond donors (Lipinski definition) is 1. The molecular weight excluding hydrogens is 338 g/mol. The lowest BCUT2D eigenvalue weighted by Gasteiger charge is -2.07. The average molecular weight is 355 g/mol. The van der Waals surface area contributed by atoms with Gasteiger partial charge in [0.15, 0.2) is 4.34 Å². The van der Waals surface area contributed by atoms with Gasteiger partial charge in [0.05, 0.1) is 0 Å². The van der Waals surface area contributed by atoms with Gasteiger partial charge in [-0.2, -0.15) is 0 Å². The minimum absolute atomic E-state index is 0.146. The topological polar surface area (TPSA) is 54.9 Å². The van der Waals surface area contributed by atoms with E-state index in [-0.39, 0.29) is 5.91 Å². The maximum atomic E-state index is 12.4. The molecule has 0 radical (unpaired) electrons. The minimum Gasteiger partial charge on any atom is -0.296 e. The number of thioether (sulfide) groups is 1. The third-order valence-corrected chi connectivity index (χ3v) is 5.72. The normalized spacial score (nSPS) is 10.6. The number of benzene rings is 2. The van der Waals surface area contributed by atoms with E-state index in [1.165, 1.54) is 16.9 Å². The molecule has 2 aromatic carbocycles. The number of anilines is 1. The van der Waals surface area contributed by atoms with E-state index in [1.807, 2.05) is 50.2 Å². The molecule has 0 spiro atoms. The summed E-state index contributed by atoms with van der Waals surface area (Å²) in [6.07, 6.45) is 0. The fourth-order valence-corrected chi connectivity index (χ4v) is 3.90. The minimum atomic E-state index is -0.146. The number of nitrogens with zero attached hydrogens (tertiary/aromatic N) is 2. The molecule has 0 fully saturated rings. The predicted octanol–water partition coefficient (Wildman–Crippen LogP) is 4.70. The Kier molecular flexibility index (Phi) is 5.27. The number of aromatic nitrogens is 2. The largest absolute Gasteiger partial charge is 0.296 e. The Morgan fingerprint density at radius 1 is 1.08 bits per heavy atom. The fourth-order valence-electron chi connectivity index (χ4n) is 2.20. The van der Waals surface area contributed by atoms with Gasteiger partial charge in [-0.05, 0) is 36.6 Å². The van der Waals surface area contributed by atoms with Crippen molar-refractivity contribution in [3.8, 4) is 0 Å². The second-order valence-corrected chi connectivity index (χ2v) is 7.55. The van der Waals surface area contributed by atoms with E-state index < -0.39 is 0 Å². The summed E-state index contributed by atoms with van der Waals surface area (Å²) in [4.78, 5) is 12.4. The molecule has 4 nitrogen and oxygen atoms in total. The zero-order valence-electron chi connectivity index (χ0n) is 13.4. The summed E-state index contributed by atoms with van der Waals surface area (Å²) in [5.74, 6) is 0.687. The molecule has 0 saturated heterocycles. The van der Waals surface area contributed by atoms with Gasteiger partial charge in [0.25, 0.3) is 5.91 Å². The van der Waals surface area contributed by atoms with Crippen LogP contribution in [-0.4, -0.2) is 16.1 Å². The van der Waals surface area contributed by atoms with Crippen molar-refractivity contribution in [2.75, 3.05) is 5.32 Å². The zero-order chi connectivity index (χ0) is 16.9. The van der Waals surface area contributed by atoms with Crippen LogP contribution in [0.3, 0.4) is 0 Å². The first kappa shape index (κ1) is 16.7. The second kappa shape index (κ2) is 7.59. The highest BCUT2D eigenvalue weighted by molar-refractivity contribution is 8.00. The van der Waals surface area contributed by atoms with Crippen LogP contribution in [0.2, 0.25) is 0 Å². The molecule has 0 bridgehead atoms. The lowest BCUT2D eigenvalue weighted by atomic mass is 10.0. The van der Waals surface area contributed by atoms with Gasteiger partial charge in [0.2, 0.25) is 5.13 Å². The molecule has 0 aliphatic rings. The van der Waals surface area contributed by atoms with Crippen LogP contribution in [-0.2, 0) is 5.75 Å². The first-order chi connectivity index (χ1) is 11.6. The van der Waals surface area contributed by atoms with Crippen LogP contribution >= 0.6 is 23.1 Å². The molecule has 0 aliphatic heterocycles. The average Bonchev–Trinajstić information content (AvgIpc) is 3.04. The molecule has 0 aliphatic carbocycles. The van der Waals surface area contributed by atoms with Crippen LogP contribution in [0.25, 0.3) is 0 Å². The molecule has 0 saturated carbocycles. The van der Waals surface area contributed by atoms with Crippen molar-refractivity contribution >= 4 is 34.1 Å². The fraction of sp³-hybridized carbons (Fsp3) is 0.167. The number of hydrogen-bond acceptors (Lipinski definition) is 5. The van der Waals surface area contributed by atoms with Crippen molar-refractivity contribution < 1.29 is 4.79 Å². The molecule has 122 valence electrons. The summed E-state index contributed by atoms with van der Waals surface area (Å²) >= 11 is 3.01. The summed E-state index contributed by atoms with van der Waals surface area (Å²) in [5, 5.41) is 11.6. The summed E-state index contributed by atoms with van der Waals surface area (Å²) in [7, 11) is 0. The Bertz CT molecular complexity index is 846. The highest BCUT2D eigenvalue weighted by Gasteiger charge is 2.13. The van der Waals surface area contributed by atoms with Crippen LogP contribution in [0.1, 0.15) is 27.0 Å². The number of aryl methyl sites for hydroxylation is 1. The summed E-state index contributed by atoms with van der Waals surface area (Å²) in [6, 6.07) is 15.9. The van der Waals surface area contributed by atoms with Crippen LogP contribution < -0.4 is 5.32 Å². The third-order valence-electron chi connectivity index (χ3n) is 3.68. The smallest absolute Gasteiger partial charge is 0.257 e. The number of nitrogens with one attached hydrogen (secondary N) is 1. The van der Waals surface area contributed by atoms with Crippen molar-refractivity contribution in [1.29, 1.82) is 0 Å². The van der Waals surface area contributed by atoms with E-state index >= 15 is 0 Å². The van der Waals surface area contributed by atoms with Gasteiger partial charge in [-0.3, -0.25) is 10.1 Å². The van der Waals surface area contributed by atoms with E-state index in [0.29, 0.717) is 10.7 Å². The van der Waals surface area contributed by atoms with E-state index in [4.69, 9.17) is 0 Å². The molecule has 1 N–H and O–H groups in total. The zero-order valence-corrected chi connectivity index (χ0v) is 15.1. The molecule has 0 unspecified atom stereocenters. The predicted molar refractivity (Wildman–Crippen MR) is 99.8 cm³/mol. The van der Waals surface area contributed by atoms with Crippen LogP contribution in [0.5, 0.6) is 0 Å². The Balaban J connectivity index is 1.63. The van der Waals surface area contributed by atoms with Crippen molar-refractivity contribution in [2.24, 2.45) is 0 Å². The van der Waals surface area contributed by atoms with Crippen molar-refractivity contribution in [1.82, 2.24) is 10.2 Å². The molecule has 1 amide bonds. The molecular formula is C18H17N3OS2. The Morgan fingerprint density at radius 2 is 1.88 bits per heavy atom. The van der Waals surface area contributed by atoms with Crippen LogP contribution in [0.15, 0.2) is 52.9 Å². The molecule has 1 aromatic heterocycles. The van der Waals surface area contributed by atoms with Gasteiger partial charge in [0.1, 0.15) is 0 Å². The first-order valence-electron chi connectivity index (χ1n) is 7.51. The summed E-state index contributed by atoms with van der Waals surface area (Å²) < 4.78 is 0.843. The summed E-state index contributed by atoms with van der Waals surface area (Å²) in [5.41, 5.74) is 3.99. The van der Waals surface area contributed by atoms with Crippen molar-refractivity contribution in [3.05, 3.63) is 70.8 Å². The van der Waals surface area contributed by atoms with Gasteiger partial charge >= 0.3 is 0 Å². The number of carbonyl (C=O) groups is 1. The van der Waals surface area contributed by atoms with Crippen LogP contribution in [0, 0.1) is 13.8 Å². The first-order valence-corrected chi connectivity index (χ1v) is 9.31. The molecule has 0 atom stereocenters.